The van der Waals surface area contributed by atoms with Crippen LogP contribution in [0.4, 0.5) is 8.78 Å². The first-order valence-corrected chi connectivity index (χ1v) is 5.23. The van der Waals surface area contributed by atoms with Gasteiger partial charge in [0.15, 0.2) is 11.6 Å². The van der Waals surface area contributed by atoms with Crippen molar-refractivity contribution in [1.29, 1.82) is 0 Å². The van der Waals surface area contributed by atoms with E-state index < -0.39 is 11.6 Å². The Morgan fingerprint density at radius 3 is 2.69 bits per heavy atom. The highest BCUT2D eigenvalue weighted by Gasteiger charge is 2.22. The summed E-state index contributed by atoms with van der Waals surface area (Å²) >= 11 is 0. The number of benzene rings is 1. The first-order chi connectivity index (χ1) is 7.52. The molecule has 16 heavy (non-hydrogen) atoms. The van der Waals surface area contributed by atoms with E-state index in [1.807, 2.05) is 14.0 Å². The predicted molar refractivity (Wildman–Crippen MR) is 62.3 cm³/mol. The molecule has 1 nitrogen and oxygen atoms in total. The lowest BCUT2D eigenvalue weighted by molar-refractivity contribution is 0.393. The maximum absolute atomic E-state index is 13.5. The van der Waals surface area contributed by atoms with Crippen LogP contribution in [0.25, 0.3) is 0 Å². The lowest BCUT2D eigenvalue weighted by Crippen LogP contribution is -2.30. The molecule has 3 heteroatoms. The molecule has 0 spiro atoms. The number of hydrogen-bond donors (Lipinski definition) is 1. The molecule has 1 aromatic carbocycles. The summed E-state index contributed by atoms with van der Waals surface area (Å²) in [6.07, 6.45) is 2.20. The van der Waals surface area contributed by atoms with Crippen molar-refractivity contribution in [3.63, 3.8) is 0 Å². The molecular formula is C13H17F2N. The zero-order chi connectivity index (χ0) is 12.2. The van der Waals surface area contributed by atoms with Crippen molar-refractivity contribution in [2.75, 3.05) is 13.6 Å². The van der Waals surface area contributed by atoms with E-state index in [1.54, 1.807) is 12.1 Å². The van der Waals surface area contributed by atoms with Crippen molar-refractivity contribution in [2.45, 2.75) is 13.3 Å². The van der Waals surface area contributed by atoms with E-state index in [9.17, 15) is 8.78 Å². The quantitative estimate of drug-likeness (QED) is 0.760. The molecule has 0 saturated heterocycles. The van der Waals surface area contributed by atoms with Gasteiger partial charge in [-0.3, -0.25) is 0 Å². The van der Waals surface area contributed by atoms with Gasteiger partial charge in [0.25, 0.3) is 0 Å². The number of halogens is 2. The molecule has 88 valence electrons. The van der Waals surface area contributed by atoms with Gasteiger partial charge in [-0.15, -0.1) is 6.58 Å². The second kappa shape index (κ2) is 5.21. The molecule has 1 unspecified atom stereocenters. The molecule has 0 radical (unpaired) electrons. The Morgan fingerprint density at radius 2 is 2.12 bits per heavy atom. The van der Waals surface area contributed by atoms with Crippen molar-refractivity contribution in [3.05, 3.63) is 48.1 Å². The van der Waals surface area contributed by atoms with Gasteiger partial charge in [0.2, 0.25) is 0 Å². The summed E-state index contributed by atoms with van der Waals surface area (Å²) in [5, 5.41) is 3.03. The Morgan fingerprint density at radius 1 is 1.44 bits per heavy atom. The molecule has 0 bridgehead atoms. The van der Waals surface area contributed by atoms with Gasteiger partial charge in [-0.1, -0.05) is 25.1 Å². The largest absolute Gasteiger partial charge is 0.319 e. The van der Waals surface area contributed by atoms with Crippen LogP contribution >= 0.6 is 0 Å². The minimum absolute atomic E-state index is 0.274. The molecule has 0 aliphatic heterocycles. The highest BCUT2D eigenvalue weighted by molar-refractivity contribution is 5.21. The van der Waals surface area contributed by atoms with Crippen LogP contribution in [-0.4, -0.2) is 13.6 Å². The number of hydrogen-bond acceptors (Lipinski definition) is 1. The molecule has 0 fully saturated rings. The molecular weight excluding hydrogens is 208 g/mol. The molecule has 0 aliphatic rings. The smallest absolute Gasteiger partial charge is 0.162 e. The highest BCUT2D eigenvalue weighted by atomic mass is 19.2. The minimum Gasteiger partial charge on any atom is -0.319 e. The monoisotopic (exact) mass is 225 g/mol. The Hall–Kier alpha value is -1.22. The van der Waals surface area contributed by atoms with Crippen LogP contribution < -0.4 is 5.32 Å². The zero-order valence-electron chi connectivity index (χ0n) is 9.69. The first-order valence-electron chi connectivity index (χ1n) is 5.23. The standard InChI is InChI=1S/C13H17F2N/c1-4-13(2,9-16-3)8-10-6-5-7-11(14)12(10)15/h4-7,16H,1,8-9H2,2-3H3. The minimum atomic E-state index is -0.798. The third-order valence-corrected chi connectivity index (χ3v) is 2.70. The Balaban J connectivity index is 2.94. The van der Waals surface area contributed by atoms with Crippen molar-refractivity contribution >= 4 is 0 Å². The average molecular weight is 225 g/mol. The second-order valence-corrected chi connectivity index (χ2v) is 4.28. The highest BCUT2D eigenvalue weighted by Crippen LogP contribution is 2.25. The van der Waals surface area contributed by atoms with Crippen LogP contribution in [0.15, 0.2) is 30.9 Å². The zero-order valence-corrected chi connectivity index (χ0v) is 9.69. The normalized spacial score (nSPS) is 14.5. The van der Waals surface area contributed by atoms with Crippen molar-refractivity contribution in [2.24, 2.45) is 5.41 Å². The van der Waals surface area contributed by atoms with Crippen LogP contribution in [0.5, 0.6) is 0 Å². The van der Waals surface area contributed by atoms with Gasteiger partial charge < -0.3 is 5.32 Å². The van der Waals surface area contributed by atoms with E-state index in [1.165, 1.54) is 6.07 Å². The summed E-state index contributed by atoms with van der Waals surface area (Å²) in [6, 6.07) is 4.26. The second-order valence-electron chi connectivity index (χ2n) is 4.28. The van der Waals surface area contributed by atoms with Crippen molar-refractivity contribution < 1.29 is 8.78 Å². The third kappa shape index (κ3) is 2.89. The lowest BCUT2D eigenvalue weighted by Gasteiger charge is -2.25. The molecule has 0 aromatic heterocycles. The first kappa shape index (κ1) is 12.8. The van der Waals surface area contributed by atoms with Gasteiger partial charge in [0.1, 0.15) is 0 Å². The summed E-state index contributed by atoms with van der Waals surface area (Å²) in [6.45, 7) is 6.38. The molecule has 1 aromatic rings. The Labute approximate surface area is 95.2 Å². The molecule has 0 heterocycles. The lowest BCUT2D eigenvalue weighted by atomic mass is 9.83. The van der Waals surface area contributed by atoms with E-state index in [4.69, 9.17) is 0 Å². The van der Waals surface area contributed by atoms with Gasteiger partial charge in [-0.2, -0.15) is 0 Å². The Kier molecular flexibility index (Phi) is 4.19. The van der Waals surface area contributed by atoms with E-state index in [0.717, 1.165) is 6.07 Å². The van der Waals surface area contributed by atoms with Crippen LogP contribution in [0, 0.1) is 17.0 Å². The van der Waals surface area contributed by atoms with Gasteiger partial charge in [0.05, 0.1) is 0 Å². The fourth-order valence-corrected chi connectivity index (χ4v) is 1.73. The fraction of sp³-hybridized carbons (Fsp3) is 0.385. The summed E-state index contributed by atoms with van der Waals surface area (Å²) in [5.74, 6) is -1.56. The summed E-state index contributed by atoms with van der Waals surface area (Å²) in [5.41, 5.74) is 0.112. The molecule has 0 saturated carbocycles. The van der Waals surface area contributed by atoms with E-state index in [-0.39, 0.29) is 5.41 Å². The van der Waals surface area contributed by atoms with Crippen LogP contribution in [0.1, 0.15) is 12.5 Å². The summed E-state index contributed by atoms with van der Waals surface area (Å²) < 4.78 is 26.5. The van der Waals surface area contributed by atoms with Gasteiger partial charge in [0, 0.05) is 12.0 Å². The van der Waals surface area contributed by atoms with Gasteiger partial charge in [-0.25, -0.2) is 8.78 Å². The molecule has 0 aliphatic carbocycles. The molecule has 1 atom stereocenters. The topological polar surface area (TPSA) is 12.0 Å². The summed E-state index contributed by atoms with van der Waals surface area (Å²) in [7, 11) is 1.82. The van der Waals surface area contributed by atoms with E-state index in [0.29, 0.717) is 18.5 Å². The molecule has 1 rings (SSSR count). The number of nitrogens with one attached hydrogen (secondary N) is 1. The SMILES string of the molecule is C=CC(C)(CNC)Cc1cccc(F)c1F. The molecule has 0 amide bonds. The van der Waals surface area contributed by atoms with Crippen molar-refractivity contribution in [1.82, 2.24) is 5.32 Å². The summed E-state index contributed by atoms with van der Waals surface area (Å²) in [4.78, 5) is 0. The predicted octanol–water partition coefficient (Wildman–Crippen LogP) is 2.92. The van der Waals surface area contributed by atoms with Crippen molar-refractivity contribution in [3.8, 4) is 0 Å². The maximum Gasteiger partial charge on any atom is 0.162 e. The maximum atomic E-state index is 13.5. The van der Waals surface area contributed by atoms with Crippen LogP contribution in [0.2, 0.25) is 0 Å². The van der Waals surface area contributed by atoms with Crippen LogP contribution in [0.3, 0.4) is 0 Å². The van der Waals surface area contributed by atoms with E-state index >= 15 is 0 Å². The van der Waals surface area contributed by atoms with Gasteiger partial charge in [-0.05, 0) is 25.1 Å². The molecule has 1 N–H and O–H groups in total. The fourth-order valence-electron chi connectivity index (χ4n) is 1.73. The van der Waals surface area contributed by atoms with E-state index in [2.05, 4.69) is 11.9 Å². The van der Waals surface area contributed by atoms with Gasteiger partial charge >= 0.3 is 0 Å². The Bertz CT molecular complexity index is 376. The third-order valence-electron chi connectivity index (χ3n) is 2.70. The van der Waals surface area contributed by atoms with Crippen LogP contribution in [-0.2, 0) is 6.42 Å². The number of rotatable bonds is 5. The average Bonchev–Trinajstić information content (AvgIpc) is 2.25.